The van der Waals surface area contributed by atoms with Crippen LogP contribution in [0.2, 0.25) is 0 Å². The molecule has 5 rings (SSSR count). The Morgan fingerprint density at radius 3 is 0.760 bits per heavy atom. The van der Waals surface area contributed by atoms with Gasteiger partial charge in [-0.15, -0.1) is 0 Å². The van der Waals surface area contributed by atoms with E-state index in [4.69, 9.17) is 18.9 Å². The largest absolute Gasteiger partial charge is 0.459 e. The third-order valence-corrected chi connectivity index (χ3v) is 11.4. The van der Waals surface area contributed by atoms with Crippen molar-refractivity contribution in [3.05, 3.63) is 34.4 Å². The molecule has 0 atom stereocenters. The van der Waals surface area contributed by atoms with Crippen LogP contribution in [-0.2, 0) is 18.9 Å². The van der Waals surface area contributed by atoms with Gasteiger partial charge in [-0.3, -0.25) is 0 Å². The lowest BCUT2D eigenvalue weighted by Crippen LogP contribution is -2.30. The van der Waals surface area contributed by atoms with Crippen molar-refractivity contribution in [1.82, 2.24) is 0 Å². The van der Waals surface area contributed by atoms with E-state index >= 15 is 0 Å². The van der Waals surface area contributed by atoms with Gasteiger partial charge in [0.25, 0.3) is 0 Å². The lowest BCUT2D eigenvalue weighted by atomic mass is 9.93. The van der Waals surface area contributed by atoms with Crippen LogP contribution in [-0.4, -0.2) is 48.3 Å². The molecule has 50 heavy (non-hydrogen) atoms. The van der Waals surface area contributed by atoms with Crippen molar-refractivity contribution in [2.24, 2.45) is 0 Å². The summed E-state index contributed by atoms with van der Waals surface area (Å²) < 4.78 is 24.5. The van der Waals surface area contributed by atoms with Crippen molar-refractivity contribution >= 4 is 23.9 Å². The molecule has 0 radical (unpaired) electrons. The van der Waals surface area contributed by atoms with Crippen LogP contribution in [0.4, 0.5) is 0 Å². The molecule has 0 unspecified atom stereocenters. The molecule has 0 spiro atoms. The zero-order chi connectivity index (χ0) is 35.0. The van der Waals surface area contributed by atoms with Crippen LogP contribution < -0.4 is 0 Å². The van der Waals surface area contributed by atoms with Crippen LogP contribution in [0.3, 0.4) is 0 Å². The third-order valence-electron chi connectivity index (χ3n) is 11.4. The molecule has 4 aliphatic rings. The Labute approximate surface area is 300 Å². The van der Waals surface area contributed by atoms with Gasteiger partial charge in [-0.05, 0) is 115 Å². The maximum absolute atomic E-state index is 14.4. The molecule has 4 aliphatic carbocycles. The van der Waals surface area contributed by atoms with Gasteiger partial charge in [0, 0.05) is 0 Å². The first-order valence-electron chi connectivity index (χ1n) is 20.5. The van der Waals surface area contributed by atoms with E-state index < -0.39 is 23.9 Å². The predicted molar refractivity (Wildman–Crippen MR) is 193 cm³/mol. The lowest BCUT2D eigenvalue weighted by molar-refractivity contribution is 0.0156. The van der Waals surface area contributed by atoms with Gasteiger partial charge in [0.1, 0.15) is 24.4 Å². The first-order chi connectivity index (χ1) is 24.5. The summed E-state index contributed by atoms with van der Waals surface area (Å²) in [6.07, 6.45) is 25.8. The van der Waals surface area contributed by atoms with E-state index in [1.54, 1.807) is 0 Å². The number of carbonyl (C=O) groups is 4. The Kier molecular flexibility index (Phi) is 16.0. The van der Waals surface area contributed by atoms with E-state index in [1.165, 1.54) is 37.8 Å². The normalized spacial score (nSPS) is 21.8. The number of benzene rings is 1. The lowest BCUT2D eigenvalue weighted by Gasteiger charge is -2.25. The van der Waals surface area contributed by atoms with Gasteiger partial charge < -0.3 is 18.9 Å². The predicted octanol–water partition coefficient (Wildman–Crippen LogP) is 10.8. The quantitative estimate of drug-likeness (QED) is 0.196. The van der Waals surface area contributed by atoms with Crippen molar-refractivity contribution < 1.29 is 38.1 Å². The molecule has 0 amide bonds. The Hall–Kier alpha value is -2.90. The van der Waals surface area contributed by atoms with Crippen LogP contribution in [0.15, 0.2) is 12.1 Å². The van der Waals surface area contributed by atoms with Crippen LogP contribution in [0.5, 0.6) is 0 Å². The zero-order valence-electron chi connectivity index (χ0n) is 30.5. The number of esters is 4. The van der Waals surface area contributed by atoms with Crippen molar-refractivity contribution in [3.63, 3.8) is 0 Å². The topological polar surface area (TPSA) is 105 Å². The van der Waals surface area contributed by atoms with Gasteiger partial charge in [0.15, 0.2) is 0 Å². The Morgan fingerprint density at radius 2 is 0.520 bits per heavy atom. The highest BCUT2D eigenvalue weighted by Gasteiger charge is 2.36. The van der Waals surface area contributed by atoms with Crippen LogP contribution in [0, 0.1) is 0 Å². The highest BCUT2D eigenvalue weighted by molar-refractivity contribution is 6.15. The molecule has 0 bridgehead atoms. The van der Waals surface area contributed by atoms with Gasteiger partial charge in [-0.1, -0.05) is 77.0 Å². The molecular weight excluding hydrogens is 632 g/mol. The zero-order valence-corrected chi connectivity index (χ0v) is 30.5. The summed E-state index contributed by atoms with van der Waals surface area (Å²) >= 11 is 0. The second-order valence-corrected chi connectivity index (χ2v) is 15.4. The molecule has 4 saturated carbocycles. The van der Waals surface area contributed by atoms with Crippen molar-refractivity contribution in [1.29, 1.82) is 0 Å². The SMILES string of the molecule is O=C(OC1CCCCCCC1)c1ccc(C(=O)OC2CCCCCCC2)c(C(=O)OC2CCCCCCC2)c1C(=O)OC1CCCCCCC1. The summed E-state index contributed by atoms with van der Waals surface area (Å²) in [4.78, 5) is 56.9. The highest BCUT2D eigenvalue weighted by Crippen LogP contribution is 2.31. The molecule has 8 nitrogen and oxygen atoms in total. The molecule has 4 fully saturated rings. The fourth-order valence-electron chi connectivity index (χ4n) is 8.36. The summed E-state index contributed by atoms with van der Waals surface area (Å²) in [5, 5.41) is 0. The van der Waals surface area contributed by atoms with Gasteiger partial charge in [0.2, 0.25) is 0 Å². The smallest absolute Gasteiger partial charge is 0.340 e. The minimum absolute atomic E-state index is 0.0463. The second-order valence-electron chi connectivity index (χ2n) is 15.4. The number of hydrogen-bond donors (Lipinski definition) is 0. The van der Waals surface area contributed by atoms with Crippen molar-refractivity contribution in [2.45, 2.75) is 204 Å². The Morgan fingerprint density at radius 1 is 0.320 bits per heavy atom. The van der Waals surface area contributed by atoms with E-state index in [0.717, 1.165) is 154 Å². The Balaban J connectivity index is 1.52. The van der Waals surface area contributed by atoms with E-state index in [0.29, 0.717) is 0 Å². The van der Waals surface area contributed by atoms with E-state index in [1.807, 2.05) is 0 Å². The molecule has 0 N–H and O–H groups in total. The van der Waals surface area contributed by atoms with E-state index in [-0.39, 0.29) is 46.7 Å². The molecule has 1 aromatic carbocycles. The molecule has 8 heteroatoms. The molecule has 0 aliphatic heterocycles. The maximum atomic E-state index is 14.4. The minimum atomic E-state index is -0.773. The van der Waals surface area contributed by atoms with Gasteiger partial charge in [-0.2, -0.15) is 0 Å². The fraction of sp³-hybridized carbons (Fsp3) is 0.762. The first-order valence-corrected chi connectivity index (χ1v) is 20.5. The standard InChI is InChI=1S/C42H62O8/c43-39(47-31-21-13-5-1-6-14-22-31)35-29-30-36(40(44)48-32-23-15-7-2-8-16-24-32)38(42(46)50-34-27-19-11-4-12-20-28-34)37(35)41(45)49-33-25-17-9-3-10-18-26-33/h29-34H,1-28H2. The van der Waals surface area contributed by atoms with Crippen molar-refractivity contribution in [3.8, 4) is 0 Å². The van der Waals surface area contributed by atoms with Crippen LogP contribution in [0.1, 0.15) is 221 Å². The summed E-state index contributed by atoms with van der Waals surface area (Å²) in [6, 6.07) is 2.92. The molecule has 0 aromatic heterocycles. The summed E-state index contributed by atoms with van der Waals surface area (Å²) in [5.41, 5.74) is -0.526. The Bertz CT molecular complexity index is 1130. The van der Waals surface area contributed by atoms with Crippen LogP contribution >= 0.6 is 0 Å². The summed E-state index contributed by atoms with van der Waals surface area (Å²) in [7, 11) is 0. The molecule has 0 saturated heterocycles. The molecular formula is C42H62O8. The van der Waals surface area contributed by atoms with Crippen LogP contribution in [0.25, 0.3) is 0 Å². The highest BCUT2D eigenvalue weighted by atomic mass is 16.6. The van der Waals surface area contributed by atoms with E-state index in [2.05, 4.69) is 0 Å². The maximum Gasteiger partial charge on any atom is 0.340 e. The van der Waals surface area contributed by atoms with E-state index in [9.17, 15) is 19.2 Å². The fourth-order valence-corrected chi connectivity index (χ4v) is 8.36. The average Bonchev–Trinajstić information content (AvgIpc) is 3.05. The first kappa shape index (κ1) is 38.3. The number of carbonyl (C=O) groups excluding carboxylic acids is 4. The second kappa shape index (κ2) is 20.8. The minimum Gasteiger partial charge on any atom is -0.459 e. The van der Waals surface area contributed by atoms with Gasteiger partial charge in [-0.25, -0.2) is 19.2 Å². The summed E-state index contributed by atoms with van der Waals surface area (Å²) in [5.74, 6) is -2.88. The summed E-state index contributed by atoms with van der Waals surface area (Å²) in [6.45, 7) is 0. The number of ether oxygens (including phenoxy) is 4. The molecule has 278 valence electrons. The third kappa shape index (κ3) is 11.8. The van der Waals surface area contributed by atoms with Crippen molar-refractivity contribution in [2.75, 3.05) is 0 Å². The van der Waals surface area contributed by atoms with Gasteiger partial charge in [0.05, 0.1) is 22.3 Å². The average molecular weight is 695 g/mol. The monoisotopic (exact) mass is 694 g/mol. The number of rotatable bonds is 8. The molecule has 1 aromatic rings. The molecule has 0 heterocycles. The van der Waals surface area contributed by atoms with Gasteiger partial charge >= 0.3 is 23.9 Å². The number of hydrogen-bond acceptors (Lipinski definition) is 8.